The Morgan fingerprint density at radius 1 is 0.838 bits per heavy atom. The number of rotatable bonds is 7. The minimum atomic E-state index is -0.343. The van der Waals surface area contributed by atoms with E-state index >= 15 is 0 Å². The molecule has 5 rings (SSSR count). The van der Waals surface area contributed by atoms with E-state index in [0.717, 1.165) is 55.6 Å². The van der Waals surface area contributed by atoms with Gasteiger partial charge in [-0.1, -0.05) is 36.4 Å². The van der Waals surface area contributed by atoms with Crippen molar-refractivity contribution in [1.82, 2.24) is 10.6 Å². The smallest absolute Gasteiger partial charge is 0.265 e. The van der Waals surface area contributed by atoms with E-state index < -0.39 is 0 Å². The van der Waals surface area contributed by atoms with Gasteiger partial charge in [-0.15, -0.1) is 0 Å². The molecule has 7 nitrogen and oxygen atoms in total. The summed E-state index contributed by atoms with van der Waals surface area (Å²) < 4.78 is 0. The molecule has 1 aromatic heterocycles. The van der Waals surface area contributed by atoms with E-state index in [0.29, 0.717) is 11.3 Å². The van der Waals surface area contributed by atoms with E-state index in [2.05, 4.69) is 16.0 Å². The van der Waals surface area contributed by atoms with Crippen LogP contribution in [0.4, 0.5) is 11.4 Å². The van der Waals surface area contributed by atoms with Crippen molar-refractivity contribution in [3.05, 3.63) is 82.0 Å². The molecule has 2 aliphatic heterocycles. The van der Waals surface area contributed by atoms with Crippen molar-refractivity contribution in [2.75, 3.05) is 23.3 Å². The second-order valence-corrected chi connectivity index (χ2v) is 10.1. The Labute approximate surface area is 220 Å². The first-order valence-electron chi connectivity index (χ1n) is 12.6. The number of nitrogens with one attached hydrogen (secondary N) is 3. The van der Waals surface area contributed by atoms with Crippen LogP contribution in [0.25, 0.3) is 12.2 Å². The molecule has 0 unspecified atom stereocenters. The average Bonchev–Trinajstić information content (AvgIpc) is 3.73. The maximum atomic E-state index is 13.2. The molecule has 3 N–H and O–H groups in total. The molecule has 3 heterocycles. The number of carbonyl (C=O) groups is 3. The van der Waals surface area contributed by atoms with Gasteiger partial charge in [-0.3, -0.25) is 14.4 Å². The van der Waals surface area contributed by atoms with Crippen LogP contribution in [0, 0.1) is 0 Å². The van der Waals surface area contributed by atoms with Crippen LogP contribution in [-0.2, 0) is 9.59 Å². The van der Waals surface area contributed by atoms with E-state index in [9.17, 15) is 14.4 Å². The van der Waals surface area contributed by atoms with Crippen LogP contribution in [0.2, 0.25) is 0 Å². The molecule has 0 bridgehead atoms. The van der Waals surface area contributed by atoms with Crippen molar-refractivity contribution in [1.29, 1.82) is 0 Å². The number of thiophene rings is 1. The Morgan fingerprint density at radius 3 is 2.03 bits per heavy atom. The molecule has 0 aliphatic carbocycles. The Morgan fingerprint density at radius 2 is 1.46 bits per heavy atom. The second kappa shape index (κ2) is 11.6. The third kappa shape index (κ3) is 6.05. The molecule has 2 aromatic carbocycles. The van der Waals surface area contributed by atoms with Gasteiger partial charge in [0.1, 0.15) is 0 Å². The third-order valence-electron chi connectivity index (χ3n) is 6.72. The minimum absolute atomic E-state index is 0.00889. The molecular formula is C29H30N4O3S. The van der Waals surface area contributed by atoms with Gasteiger partial charge in [-0.05, 0) is 85.6 Å². The van der Waals surface area contributed by atoms with Crippen LogP contribution < -0.4 is 20.9 Å². The van der Waals surface area contributed by atoms with Crippen molar-refractivity contribution in [2.45, 2.75) is 37.8 Å². The van der Waals surface area contributed by atoms with E-state index in [1.54, 1.807) is 11.4 Å². The van der Waals surface area contributed by atoms with Crippen molar-refractivity contribution in [2.24, 2.45) is 0 Å². The fourth-order valence-corrected chi connectivity index (χ4v) is 5.28. The molecule has 0 radical (unpaired) electrons. The number of carbonyl (C=O) groups excluding carboxylic acids is 3. The number of hydrogen-bond acceptors (Lipinski definition) is 6. The van der Waals surface area contributed by atoms with E-state index in [4.69, 9.17) is 0 Å². The van der Waals surface area contributed by atoms with Crippen molar-refractivity contribution in [3.8, 4) is 0 Å². The zero-order valence-corrected chi connectivity index (χ0v) is 21.3. The van der Waals surface area contributed by atoms with Crippen LogP contribution in [0.3, 0.4) is 0 Å². The zero-order chi connectivity index (χ0) is 25.6. The Hall–Kier alpha value is -3.59. The average molecular weight is 515 g/mol. The summed E-state index contributed by atoms with van der Waals surface area (Å²) in [6, 6.07) is 16.4. The van der Waals surface area contributed by atoms with Gasteiger partial charge < -0.3 is 16.0 Å². The van der Waals surface area contributed by atoms with E-state index in [1.807, 2.05) is 66.1 Å². The molecule has 3 aromatic rings. The highest BCUT2D eigenvalue weighted by molar-refractivity contribution is 7.08. The summed E-state index contributed by atoms with van der Waals surface area (Å²) in [7, 11) is 0. The second-order valence-electron chi connectivity index (χ2n) is 9.32. The Bertz CT molecular complexity index is 1260. The number of amides is 3. The Kier molecular flexibility index (Phi) is 7.89. The van der Waals surface area contributed by atoms with Gasteiger partial charge in [0.25, 0.3) is 11.8 Å². The lowest BCUT2D eigenvalue weighted by molar-refractivity contribution is -0.119. The molecule has 3 amide bonds. The normalized spacial score (nSPS) is 19.2. The molecule has 0 spiro atoms. The highest BCUT2D eigenvalue weighted by atomic mass is 32.1. The molecule has 8 heteroatoms. The predicted molar refractivity (Wildman–Crippen MR) is 149 cm³/mol. The molecule has 37 heavy (non-hydrogen) atoms. The van der Waals surface area contributed by atoms with E-state index in [-0.39, 0.29) is 29.8 Å². The van der Waals surface area contributed by atoms with Gasteiger partial charge in [0, 0.05) is 11.1 Å². The molecule has 2 fully saturated rings. The summed E-state index contributed by atoms with van der Waals surface area (Å²) in [4.78, 5) is 40.0. The van der Waals surface area contributed by atoms with Crippen LogP contribution >= 0.6 is 11.3 Å². The van der Waals surface area contributed by atoms with Crippen LogP contribution in [0.15, 0.2) is 65.4 Å². The highest BCUT2D eigenvalue weighted by Crippen LogP contribution is 2.23. The predicted octanol–water partition coefficient (Wildman–Crippen LogP) is 4.53. The number of nitrogens with zero attached hydrogens (tertiary/aromatic N) is 1. The molecule has 2 aliphatic rings. The minimum Gasteiger partial charge on any atom is -0.325 e. The lowest BCUT2D eigenvalue weighted by Gasteiger charge is -2.24. The fourth-order valence-electron chi connectivity index (χ4n) is 4.65. The summed E-state index contributed by atoms with van der Waals surface area (Å²) in [5.74, 6) is -0.512. The van der Waals surface area contributed by atoms with Gasteiger partial charge in [0.15, 0.2) is 0 Å². The molecule has 2 saturated heterocycles. The standard InChI is InChI=1S/C29H30N4O3S/c34-27(25-3-1-16-30-25)32-23-11-7-20(8-12-23)5-6-21-9-13-24(14-10-21)33(28(35)22-15-18-37-19-22)29(36)26-4-2-17-31-26/h5-15,18-19,25-26,30-31H,1-4,16-17H2,(H,32,34)/b6-5+/t25-,26-/m0/s1. The lowest BCUT2D eigenvalue weighted by Crippen LogP contribution is -2.46. The van der Waals surface area contributed by atoms with Crippen LogP contribution in [0.1, 0.15) is 47.2 Å². The number of benzene rings is 2. The quantitative estimate of drug-likeness (QED) is 0.318. The van der Waals surface area contributed by atoms with Crippen molar-refractivity contribution >= 4 is 52.6 Å². The topological polar surface area (TPSA) is 90.5 Å². The zero-order valence-electron chi connectivity index (χ0n) is 20.5. The summed E-state index contributed by atoms with van der Waals surface area (Å²) in [6.45, 7) is 1.67. The number of anilines is 2. The first-order valence-corrected chi connectivity index (χ1v) is 13.6. The third-order valence-corrected chi connectivity index (χ3v) is 7.41. The van der Waals surface area contributed by atoms with Gasteiger partial charge >= 0.3 is 0 Å². The van der Waals surface area contributed by atoms with Gasteiger partial charge in [-0.2, -0.15) is 11.3 Å². The lowest BCUT2D eigenvalue weighted by atomic mass is 10.1. The molecule has 190 valence electrons. The summed E-state index contributed by atoms with van der Waals surface area (Å²) >= 11 is 1.43. The Balaban J connectivity index is 1.26. The monoisotopic (exact) mass is 514 g/mol. The largest absolute Gasteiger partial charge is 0.325 e. The van der Waals surface area contributed by atoms with Gasteiger partial charge in [0.2, 0.25) is 5.91 Å². The first-order chi connectivity index (χ1) is 18.1. The maximum Gasteiger partial charge on any atom is 0.265 e. The summed E-state index contributed by atoms with van der Waals surface area (Å²) in [5.41, 5.74) is 3.79. The van der Waals surface area contributed by atoms with Gasteiger partial charge in [-0.25, -0.2) is 4.90 Å². The molecular weight excluding hydrogens is 484 g/mol. The van der Waals surface area contributed by atoms with Gasteiger partial charge in [0.05, 0.1) is 23.3 Å². The number of hydrogen-bond donors (Lipinski definition) is 3. The van der Waals surface area contributed by atoms with E-state index in [1.165, 1.54) is 16.2 Å². The summed E-state index contributed by atoms with van der Waals surface area (Å²) in [5, 5.41) is 13.0. The van der Waals surface area contributed by atoms with Crippen molar-refractivity contribution < 1.29 is 14.4 Å². The van der Waals surface area contributed by atoms with Crippen LogP contribution in [0.5, 0.6) is 0 Å². The molecule has 2 atom stereocenters. The maximum absolute atomic E-state index is 13.2. The SMILES string of the molecule is O=C(Nc1ccc(/C=C/c2ccc(N(C(=O)c3ccsc3)C(=O)[C@@H]3CCCN3)cc2)cc1)[C@@H]1CCCN1. The fraction of sp³-hybridized carbons (Fsp3) is 0.276. The summed E-state index contributed by atoms with van der Waals surface area (Å²) in [6.07, 6.45) is 7.52. The van der Waals surface area contributed by atoms with Crippen molar-refractivity contribution in [3.63, 3.8) is 0 Å². The molecule has 0 saturated carbocycles. The van der Waals surface area contributed by atoms with Crippen LogP contribution in [-0.4, -0.2) is 42.9 Å². The first kappa shape index (κ1) is 25.1. The highest BCUT2D eigenvalue weighted by Gasteiger charge is 2.32. The number of imide groups is 1.